The SMILES string of the molecule is Fc1ccc(C(Br)c2cc(Br)cc(Br)c2)c2ccccc12. The molecular weight excluding hydrogens is 463 g/mol. The topological polar surface area (TPSA) is 0 Å². The quantitative estimate of drug-likeness (QED) is 0.353. The summed E-state index contributed by atoms with van der Waals surface area (Å²) in [6.45, 7) is 0. The Kier molecular flexibility index (Phi) is 4.48. The lowest BCUT2D eigenvalue weighted by molar-refractivity contribution is 0.639. The van der Waals surface area contributed by atoms with Gasteiger partial charge in [0.1, 0.15) is 5.82 Å². The maximum absolute atomic E-state index is 13.9. The number of benzene rings is 3. The van der Waals surface area contributed by atoms with Crippen LogP contribution in [0.3, 0.4) is 0 Å². The molecule has 0 radical (unpaired) electrons. The summed E-state index contributed by atoms with van der Waals surface area (Å²) in [4.78, 5) is -0.00296. The fourth-order valence-electron chi connectivity index (χ4n) is 2.41. The normalized spacial score (nSPS) is 12.6. The van der Waals surface area contributed by atoms with E-state index in [1.165, 1.54) is 6.07 Å². The molecule has 0 fully saturated rings. The van der Waals surface area contributed by atoms with E-state index < -0.39 is 0 Å². The summed E-state index contributed by atoms with van der Waals surface area (Å²) in [5, 5.41) is 1.57. The van der Waals surface area contributed by atoms with Gasteiger partial charge in [-0.05, 0) is 40.8 Å². The Labute approximate surface area is 147 Å². The lowest BCUT2D eigenvalue weighted by atomic mass is 9.98. The highest BCUT2D eigenvalue weighted by molar-refractivity contribution is 9.11. The molecule has 1 atom stereocenters. The van der Waals surface area contributed by atoms with Gasteiger partial charge in [0.15, 0.2) is 0 Å². The van der Waals surface area contributed by atoms with E-state index in [-0.39, 0.29) is 10.6 Å². The van der Waals surface area contributed by atoms with Gasteiger partial charge in [-0.25, -0.2) is 4.39 Å². The van der Waals surface area contributed by atoms with Crippen molar-refractivity contribution in [3.8, 4) is 0 Å². The third-order valence-electron chi connectivity index (χ3n) is 3.36. The molecule has 3 rings (SSSR count). The Balaban J connectivity index is 2.18. The third-order valence-corrected chi connectivity index (χ3v) is 5.29. The zero-order chi connectivity index (χ0) is 15.0. The highest BCUT2D eigenvalue weighted by Gasteiger charge is 2.16. The summed E-state index contributed by atoms with van der Waals surface area (Å²) in [5.41, 5.74) is 2.16. The smallest absolute Gasteiger partial charge is 0.131 e. The molecule has 0 nitrogen and oxygen atoms in total. The van der Waals surface area contributed by atoms with Crippen molar-refractivity contribution in [1.29, 1.82) is 0 Å². The Morgan fingerprint density at radius 1 is 0.810 bits per heavy atom. The third kappa shape index (κ3) is 3.08. The van der Waals surface area contributed by atoms with E-state index in [4.69, 9.17) is 0 Å². The number of alkyl halides is 1. The van der Waals surface area contributed by atoms with Crippen molar-refractivity contribution in [2.24, 2.45) is 0 Å². The average molecular weight is 473 g/mol. The highest BCUT2D eigenvalue weighted by atomic mass is 79.9. The van der Waals surface area contributed by atoms with Crippen molar-refractivity contribution in [3.63, 3.8) is 0 Å². The number of rotatable bonds is 2. The van der Waals surface area contributed by atoms with Gasteiger partial charge in [-0.3, -0.25) is 0 Å². The molecule has 0 heterocycles. The molecule has 0 aromatic heterocycles. The fraction of sp³-hybridized carbons (Fsp3) is 0.0588. The molecule has 3 aromatic carbocycles. The van der Waals surface area contributed by atoms with Crippen LogP contribution in [-0.2, 0) is 0 Å². The van der Waals surface area contributed by atoms with Gasteiger partial charge in [0, 0.05) is 14.3 Å². The number of hydrogen-bond acceptors (Lipinski definition) is 0. The Morgan fingerprint density at radius 2 is 1.43 bits per heavy atom. The van der Waals surface area contributed by atoms with Crippen molar-refractivity contribution in [2.75, 3.05) is 0 Å². The Hall–Kier alpha value is -0.710. The average Bonchev–Trinajstić information content (AvgIpc) is 2.46. The summed E-state index contributed by atoms with van der Waals surface area (Å²) in [5.74, 6) is -0.190. The Morgan fingerprint density at radius 3 is 2.10 bits per heavy atom. The summed E-state index contributed by atoms with van der Waals surface area (Å²) in [7, 11) is 0. The lowest BCUT2D eigenvalue weighted by Gasteiger charge is -2.15. The van der Waals surface area contributed by atoms with Crippen LogP contribution in [-0.4, -0.2) is 0 Å². The number of halogens is 4. The van der Waals surface area contributed by atoms with Gasteiger partial charge in [-0.15, -0.1) is 0 Å². The minimum atomic E-state index is -0.190. The molecule has 0 aliphatic heterocycles. The molecule has 0 spiro atoms. The van der Waals surface area contributed by atoms with Crippen LogP contribution in [0.5, 0.6) is 0 Å². The van der Waals surface area contributed by atoms with Crippen molar-refractivity contribution in [3.05, 3.63) is 80.5 Å². The number of fused-ring (bicyclic) bond motifs is 1. The predicted molar refractivity (Wildman–Crippen MR) is 96.5 cm³/mol. The molecule has 1 unspecified atom stereocenters. The van der Waals surface area contributed by atoms with E-state index in [0.29, 0.717) is 5.39 Å². The molecule has 0 bridgehead atoms. The molecular formula is C17H10Br3F. The summed E-state index contributed by atoms with van der Waals surface area (Å²) >= 11 is 10.8. The lowest BCUT2D eigenvalue weighted by Crippen LogP contribution is -1.96. The van der Waals surface area contributed by atoms with Crippen LogP contribution in [0.2, 0.25) is 0 Å². The maximum atomic E-state index is 13.9. The van der Waals surface area contributed by atoms with Gasteiger partial charge in [0.05, 0.1) is 4.83 Å². The predicted octanol–water partition coefficient (Wildman–Crippen LogP) is 6.99. The van der Waals surface area contributed by atoms with E-state index in [1.54, 1.807) is 0 Å². The monoisotopic (exact) mass is 470 g/mol. The van der Waals surface area contributed by atoms with Gasteiger partial charge < -0.3 is 0 Å². The molecule has 0 amide bonds. The first kappa shape index (κ1) is 15.2. The van der Waals surface area contributed by atoms with Crippen molar-refractivity contribution in [2.45, 2.75) is 4.83 Å². The fourth-order valence-corrected chi connectivity index (χ4v) is 4.40. The van der Waals surface area contributed by atoms with Gasteiger partial charge >= 0.3 is 0 Å². The molecule has 0 saturated carbocycles. The first-order valence-corrected chi connectivity index (χ1v) is 8.83. The van der Waals surface area contributed by atoms with Crippen LogP contribution >= 0.6 is 47.8 Å². The first-order chi connectivity index (χ1) is 10.1. The molecule has 4 heteroatoms. The van der Waals surface area contributed by atoms with Gasteiger partial charge in [0.2, 0.25) is 0 Å². The van der Waals surface area contributed by atoms with Crippen LogP contribution in [0.15, 0.2) is 63.5 Å². The summed E-state index contributed by atoms with van der Waals surface area (Å²) < 4.78 is 15.9. The van der Waals surface area contributed by atoms with Crippen LogP contribution in [0, 0.1) is 5.82 Å². The highest BCUT2D eigenvalue weighted by Crippen LogP contribution is 2.38. The van der Waals surface area contributed by atoms with Crippen LogP contribution in [0.25, 0.3) is 10.8 Å². The van der Waals surface area contributed by atoms with E-state index in [0.717, 1.165) is 25.5 Å². The van der Waals surface area contributed by atoms with Crippen LogP contribution in [0.1, 0.15) is 16.0 Å². The Bertz CT molecular complexity index is 794. The first-order valence-electron chi connectivity index (χ1n) is 6.33. The zero-order valence-electron chi connectivity index (χ0n) is 10.8. The van der Waals surface area contributed by atoms with Gasteiger partial charge in [-0.2, -0.15) is 0 Å². The van der Waals surface area contributed by atoms with Crippen LogP contribution < -0.4 is 0 Å². The standard InChI is InChI=1S/C17H10Br3F/c18-11-7-10(8-12(19)9-11)17(20)15-5-6-16(21)14-4-2-1-3-13(14)15/h1-9,17H. The largest absolute Gasteiger partial charge is 0.206 e. The number of hydrogen-bond donors (Lipinski definition) is 0. The summed E-state index contributed by atoms with van der Waals surface area (Å²) in [6, 6.07) is 17.0. The van der Waals surface area contributed by atoms with E-state index in [9.17, 15) is 4.39 Å². The van der Waals surface area contributed by atoms with Gasteiger partial charge in [0.25, 0.3) is 0 Å². The van der Waals surface area contributed by atoms with Crippen molar-refractivity contribution >= 4 is 58.6 Å². The second-order valence-corrected chi connectivity index (χ2v) is 7.49. The minimum absolute atomic E-state index is 0.00296. The van der Waals surface area contributed by atoms with E-state index >= 15 is 0 Å². The van der Waals surface area contributed by atoms with E-state index in [1.807, 2.05) is 36.4 Å². The van der Waals surface area contributed by atoms with E-state index in [2.05, 4.69) is 59.9 Å². The second kappa shape index (κ2) is 6.19. The zero-order valence-corrected chi connectivity index (χ0v) is 15.5. The van der Waals surface area contributed by atoms with Crippen LogP contribution in [0.4, 0.5) is 4.39 Å². The van der Waals surface area contributed by atoms with Crippen molar-refractivity contribution < 1.29 is 4.39 Å². The molecule has 21 heavy (non-hydrogen) atoms. The van der Waals surface area contributed by atoms with Crippen molar-refractivity contribution in [1.82, 2.24) is 0 Å². The summed E-state index contributed by atoms with van der Waals surface area (Å²) in [6.07, 6.45) is 0. The maximum Gasteiger partial charge on any atom is 0.131 e. The second-order valence-electron chi connectivity index (χ2n) is 4.75. The molecule has 0 saturated heterocycles. The molecule has 0 aliphatic rings. The minimum Gasteiger partial charge on any atom is -0.206 e. The molecule has 0 aliphatic carbocycles. The molecule has 106 valence electrons. The molecule has 3 aromatic rings. The van der Waals surface area contributed by atoms with Gasteiger partial charge in [-0.1, -0.05) is 78.1 Å². The molecule has 0 N–H and O–H groups in total.